The van der Waals surface area contributed by atoms with Crippen molar-refractivity contribution < 1.29 is 18.3 Å². The maximum atomic E-state index is 11.8. The third kappa shape index (κ3) is 3.61. The molecule has 0 amide bonds. The Bertz CT molecular complexity index is 204. The topological polar surface area (TPSA) is 38.7 Å². The van der Waals surface area contributed by atoms with Crippen LogP contribution in [-0.4, -0.2) is 25.3 Å². The van der Waals surface area contributed by atoms with Crippen molar-refractivity contribution in [1.82, 2.24) is 0 Å². The van der Waals surface area contributed by atoms with Gasteiger partial charge in [-0.15, -0.1) is 0 Å². The highest BCUT2D eigenvalue weighted by atomic mass is 19.3. The third-order valence-electron chi connectivity index (χ3n) is 2.20. The summed E-state index contributed by atoms with van der Waals surface area (Å²) in [5.41, 5.74) is 0. The molecule has 0 aromatic heterocycles. The molecule has 0 heterocycles. The summed E-state index contributed by atoms with van der Waals surface area (Å²) in [4.78, 5) is 13.2. The minimum absolute atomic E-state index is 0.199. The van der Waals surface area contributed by atoms with Gasteiger partial charge in [0.05, 0.1) is 12.6 Å². The molecule has 0 N–H and O–H groups in total. The molecule has 0 bridgehead atoms. The molecule has 0 spiro atoms. The summed E-state index contributed by atoms with van der Waals surface area (Å²) in [5, 5.41) is 0. The van der Waals surface area contributed by atoms with Gasteiger partial charge in [0.15, 0.2) is 0 Å². The molecule has 0 aromatic rings. The first-order chi connectivity index (χ1) is 6.22. The first-order valence-electron chi connectivity index (χ1n) is 4.19. The van der Waals surface area contributed by atoms with Crippen molar-refractivity contribution in [1.29, 1.82) is 0 Å². The lowest BCUT2D eigenvalue weighted by Crippen LogP contribution is -2.13. The van der Waals surface area contributed by atoms with Gasteiger partial charge in [-0.25, -0.2) is 9.79 Å². The number of rotatable bonds is 4. The summed E-state index contributed by atoms with van der Waals surface area (Å²) in [6.07, 6.45) is 3.06. The normalized spacial score (nSPS) is 27.6. The number of aliphatic imine (C=N–C) groups is 1. The van der Waals surface area contributed by atoms with Gasteiger partial charge < -0.3 is 4.74 Å². The van der Waals surface area contributed by atoms with E-state index in [4.69, 9.17) is 0 Å². The van der Waals surface area contributed by atoms with E-state index in [0.29, 0.717) is 19.4 Å². The molecule has 0 aromatic carbocycles. The van der Waals surface area contributed by atoms with E-state index in [0.717, 1.165) is 6.42 Å². The number of nitrogens with zero attached hydrogens (tertiary/aromatic N) is 1. The van der Waals surface area contributed by atoms with Crippen LogP contribution in [0.25, 0.3) is 0 Å². The summed E-state index contributed by atoms with van der Waals surface area (Å²) in [7, 11) is 0. The molecule has 1 aliphatic rings. The van der Waals surface area contributed by atoms with E-state index in [2.05, 4.69) is 9.73 Å². The van der Waals surface area contributed by atoms with Crippen molar-refractivity contribution in [3.63, 3.8) is 0 Å². The van der Waals surface area contributed by atoms with Crippen LogP contribution < -0.4 is 0 Å². The molecule has 0 saturated heterocycles. The predicted molar refractivity (Wildman–Crippen MR) is 41.2 cm³/mol. The van der Waals surface area contributed by atoms with Crippen LogP contribution in [0.1, 0.15) is 19.3 Å². The predicted octanol–water partition coefficient (Wildman–Crippen LogP) is 1.73. The van der Waals surface area contributed by atoms with Gasteiger partial charge in [-0.05, 0) is 25.2 Å². The molecule has 2 unspecified atom stereocenters. The second-order valence-corrected chi connectivity index (χ2v) is 3.13. The highest BCUT2D eigenvalue weighted by Gasteiger charge is 2.27. The van der Waals surface area contributed by atoms with Crippen molar-refractivity contribution in [2.45, 2.75) is 32.0 Å². The van der Waals surface area contributed by atoms with E-state index < -0.39 is 6.61 Å². The maximum absolute atomic E-state index is 11.8. The van der Waals surface area contributed by atoms with Crippen molar-refractivity contribution in [3.05, 3.63) is 0 Å². The number of isocyanates is 1. The van der Waals surface area contributed by atoms with Crippen LogP contribution in [0.3, 0.4) is 0 Å². The molecule has 1 fully saturated rings. The number of alkyl halides is 2. The number of halogens is 2. The summed E-state index contributed by atoms with van der Waals surface area (Å²) in [5.74, 6) is 0.199. The highest BCUT2D eigenvalue weighted by Crippen LogP contribution is 2.28. The Hall–Kier alpha value is -0.800. The van der Waals surface area contributed by atoms with Gasteiger partial charge in [-0.3, -0.25) is 0 Å². The van der Waals surface area contributed by atoms with Crippen LogP contribution in [0.15, 0.2) is 4.99 Å². The van der Waals surface area contributed by atoms with Gasteiger partial charge >= 0.3 is 6.61 Å². The molecule has 2 atom stereocenters. The average Bonchev–Trinajstić information content (AvgIpc) is 2.48. The van der Waals surface area contributed by atoms with Crippen molar-refractivity contribution in [2.24, 2.45) is 10.9 Å². The molecular weight excluding hydrogens is 180 g/mol. The van der Waals surface area contributed by atoms with Gasteiger partial charge in [0, 0.05) is 0 Å². The van der Waals surface area contributed by atoms with Gasteiger partial charge in [-0.1, -0.05) is 0 Å². The zero-order chi connectivity index (χ0) is 9.68. The molecule has 74 valence electrons. The Labute approximate surface area is 74.8 Å². The Balaban J connectivity index is 2.23. The van der Waals surface area contributed by atoms with Gasteiger partial charge in [-0.2, -0.15) is 8.78 Å². The fourth-order valence-electron chi connectivity index (χ4n) is 1.63. The zero-order valence-corrected chi connectivity index (χ0v) is 7.08. The highest BCUT2D eigenvalue weighted by molar-refractivity contribution is 5.32. The van der Waals surface area contributed by atoms with Crippen molar-refractivity contribution >= 4 is 6.08 Å². The minimum atomic E-state index is -2.70. The largest absolute Gasteiger partial charge is 0.345 e. The first kappa shape index (κ1) is 10.3. The second kappa shape index (κ2) is 5.04. The number of carbonyl (C=O) groups excluding carboxylic acids is 1. The molecule has 1 aliphatic carbocycles. The minimum Gasteiger partial charge on any atom is -0.320 e. The van der Waals surface area contributed by atoms with Crippen LogP contribution >= 0.6 is 0 Å². The van der Waals surface area contributed by atoms with Gasteiger partial charge in [0.2, 0.25) is 6.08 Å². The van der Waals surface area contributed by atoms with Crippen LogP contribution in [-0.2, 0) is 9.53 Å². The maximum Gasteiger partial charge on any atom is 0.345 e. The van der Waals surface area contributed by atoms with E-state index in [1.54, 1.807) is 0 Å². The zero-order valence-electron chi connectivity index (χ0n) is 7.08. The van der Waals surface area contributed by atoms with Gasteiger partial charge in [0.1, 0.15) is 0 Å². The molecule has 0 radical (unpaired) electrons. The summed E-state index contributed by atoms with van der Waals surface area (Å²) in [6, 6.07) is 0. The third-order valence-corrected chi connectivity index (χ3v) is 2.20. The Morgan fingerprint density at radius 2 is 2.31 bits per heavy atom. The van der Waals surface area contributed by atoms with E-state index in [-0.39, 0.29) is 12.0 Å². The number of hydrogen-bond acceptors (Lipinski definition) is 3. The van der Waals surface area contributed by atoms with Crippen LogP contribution in [0.4, 0.5) is 8.78 Å². The standard InChI is InChI=1S/C8H11F2NO2/c9-8(10)13-7-2-1-6(3-7)4-11-5-12/h6-8H,1-4H2. The summed E-state index contributed by atoms with van der Waals surface area (Å²) in [6.45, 7) is -2.31. The second-order valence-electron chi connectivity index (χ2n) is 3.13. The fourth-order valence-corrected chi connectivity index (χ4v) is 1.63. The number of ether oxygens (including phenoxy) is 1. The SMILES string of the molecule is O=C=NCC1CCC(OC(F)F)C1. The van der Waals surface area contributed by atoms with E-state index in [1.807, 2.05) is 0 Å². The quantitative estimate of drug-likeness (QED) is 0.501. The average molecular weight is 191 g/mol. The molecule has 5 heteroatoms. The first-order valence-corrected chi connectivity index (χ1v) is 4.19. The lowest BCUT2D eigenvalue weighted by atomic mass is 10.1. The molecule has 0 aliphatic heterocycles. The molecule has 1 saturated carbocycles. The van der Waals surface area contributed by atoms with Gasteiger partial charge in [0.25, 0.3) is 0 Å². The fraction of sp³-hybridized carbons (Fsp3) is 0.875. The lowest BCUT2D eigenvalue weighted by molar-refractivity contribution is -0.160. The summed E-state index contributed by atoms with van der Waals surface area (Å²) >= 11 is 0. The monoisotopic (exact) mass is 191 g/mol. The Kier molecular flexibility index (Phi) is 3.99. The van der Waals surface area contributed by atoms with Crippen LogP contribution in [0.5, 0.6) is 0 Å². The van der Waals surface area contributed by atoms with Crippen molar-refractivity contribution in [3.8, 4) is 0 Å². The smallest absolute Gasteiger partial charge is 0.320 e. The lowest BCUT2D eigenvalue weighted by Gasteiger charge is -2.09. The molecule has 1 rings (SSSR count). The molecule has 13 heavy (non-hydrogen) atoms. The van der Waals surface area contributed by atoms with Crippen LogP contribution in [0, 0.1) is 5.92 Å². The van der Waals surface area contributed by atoms with E-state index in [1.165, 1.54) is 6.08 Å². The molecular formula is C8H11F2NO2. The Morgan fingerprint density at radius 1 is 1.54 bits per heavy atom. The van der Waals surface area contributed by atoms with E-state index in [9.17, 15) is 13.6 Å². The summed E-state index contributed by atoms with van der Waals surface area (Å²) < 4.78 is 27.9. The Morgan fingerprint density at radius 3 is 2.92 bits per heavy atom. The molecule has 3 nitrogen and oxygen atoms in total. The van der Waals surface area contributed by atoms with E-state index >= 15 is 0 Å². The van der Waals surface area contributed by atoms with Crippen LogP contribution in [0.2, 0.25) is 0 Å². The number of hydrogen-bond donors (Lipinski definition) is 0. The van der Waals surface area contributed by atoms with Crippen molar-refractivity contribution in [2.75, 3.05) is 6.54 Å².